The Balaban J connectivity index is 2.01. The molecule has 0 radical (unpaired) electrons. The number of hydrogen-bond acceptors (Lipinski definition) is 3. The molecule has 2 aromatic heterocycles. The summed E-state index contributed by atoms with van der Waals surface area (Å²) < 4.78 is 5.28. The van der Waals surface area contributed by atoms with Gasteiger partial charge in [0.05, 0.1) is 26.2 Å². The number of rotatable bonds is 2. The second-order valence-corrected chi connectivity index (χ2v) is 4.38. The van der Waals surface area contributed by atoms with Crippen molar-refractivity contribution in [1.82, 2.24) is 4.90 Å². The Kier molecular flexibility index (Phi) is 2.45. The summed E-state index contributed by atoms with van der Waals surface area (Å²) in [5.74, 6) is -1.36. The van der Waals surface area contributed by atoms with Crippen molar-refractivity contribution in [3.63, 3.8) is 0 Å². The van der Waals surface area contributed by atoms with E-state index in [1.165, 1.54) is 0 Å². The average molecular weight is 249 g/mol. The van der Waals surface area contributed by atoms with Crippen LogP contribution in [0.4, 0.5) is 0 Å². The molecule has 1 fully saturated rings. The molecule has 6 heteroatoms. The van der Waals surface area contributed by atoms with Gasteiger partial charge in [-0.15, -0.1) is 0 Å². The first kappa shape index (κ1) is 11.0. The van der Waals surface area contributed by atoms with Crippen molar-refractivity contribution in [2.45, 2.75) is 0 Å². The number of nitrogens with two attached hydrogens (primary N) is 1. The van der Waals surface area contributed by atoms with Crippen molar-refractivity contribution >= 4 is 23.0 Å². The molecule has 3 heterocycles. The number of carbonyl (C=O) groups excluding carboxylic acids is 1. The van der Waals surface area contributed by atoms with Crippen molar-refractivity contribution in [3.8, 4) is 0 Å². The Hall–Kier alpha value is -2.08. The lowest BCUT2D eigenvalue weighted by atomic mass is 10.1. The van der Waals surface area contributed by atoms with Crippen LogP contribution in [0.1, 0.15) is 20.7 Å². The molecule has 18 heavy (non-hydrogen) atoms. The van der Waals surface area contributed by atoms with Gasteiger partial charge >= 0.3 is 5.97 Å². The zero-order valence-corrected chi connectivity index (χ0v) is 9.68. The fourth-order valence-corrected chi connectivity index (χ4v) is 2.39. The van der Waals surface area contributed by atoms with Gasteiger partial charge in [-0.2, -0.15) is 0 Å². The number of carbonyl (C=O) groups is 2. The third-order valence-electron chi connectivity index (χ3n) is 3.27. The summed E-state index contributed by atoms with van der Waals surface area (Å²) in [6.45, 7) is 2.98. The molecule has 1 amide bonds. The largest absolute Gasteiger partial charge is 0.478 e. The maximum Gasteiger partial charge on any atom is 0.340 e. The molecule has 0 aromatic carbocycles. The minimum atomic E-state index is -1.11. The molecule has 3 rings (SSSR count). The SMILES string of the molecule is O=C(O)c1c(C(=O)N2CC[NH2+]CC2)c2ccc1o2. The van der Waals surface area contributed by atoms with Crippen LogP contribution < -0.4 is 5.32 Å². The summed E-state index contributed by atoms with van der Waals surface area (Å²) in [6, 6.07) is 3.23. The number of carboxylic acids is 1. The molecule has 0 spiro atoms. The maximum atomic E-state index is 12.3. The van der Waals surface area contributed by atoms with Crippen LogP contribution in [0, 0.1) is 0 Å². The van der Waals surface area contributed by atoms with E-state index >= 15 is 0 Å². The quantitative estimate of drug-likeness (QED) is 0.757. The fraction of sp³-hybridized carbons (Fsp3) is 0.333. The normalized spacial score (nSPS) is 16.3. The first-order chi connectivity index (χ1) is 8.68. The van der Waals surface area contributed by atoms with E-state index < -0.39 is 5.97 Å². The summed E-state index contributed by atoms with van der Waals surface area (Å²) in [5, 5.41) is 11.3. The molecular formula is C12H13N2O4+. The summed E-state index contributed by atoms with van der Waals surface area (Å²) in [7, 11) is 0. The van der Waals surface area contributed by atoms with Gasteiger partial charge in [-0.1, -0.05) is 0 Å². The zero-order valence-electron chi connectivity index (χ0n) is 9.68. The number of nitrogens with zero attached hydrogens (tertiary/aromatic N) is 1. The number of piperazine rings is 1. The van der Waals surface area contributed by atoms with Crippen LogP contribution in [-0.2, 0) is 0 Å². The van der Waals surface area contributed by atoms with Crippen LogP contribution in [-0.4, -0.2) is 48.1 Å². The molecular weight excluding hydrogens is 236 g/mol. The number of amides is 1. The van der Waals surface area contributed by atoms with Crippen LogP contribution in [0.2, 0.25) is 0 Å². The first-order valence-electron chi connectivity index (χ1n) is 5.87. The summed E-state index contributed by atoms with van der Waals surface area (Å²) in [5.41, 5.74) is 0.820. The zero-order chi connectivity index (χ0) is 12.7. The molecule has 1 aliphatic rings. The van der Waals surface area contributed by atoms with Crippen LogP contribution in [0.25, 0.3) is 11.2 Å². The molecule has 1 aliphatic heterocycles. The Morgan fingerprint density at radius 1 is 1.17 bits per heavy atom. The summed E-state index contributed by atoms with van der Waals surface area (Å²) >= 11 is 0. The third-order valence-corrected chi connectivity index (χ3v) is 3.27. The predicted molar refractivity (Wildman–Crippen MR) is 61.9 cm³/mol. The number of furan rings is 2. The number of quaternary nitrogens is 1. The molecule has 0 unspecified atom stereocenters. The lowest BCUT2D eigenvalue weighted by Gasteiger charge is -2.25. The molecule has 6 nitrogen and oxygen atoms in total. The highest BCUT2D eigenvalue weighted by molar-refractivity contribution is 6.14. The van der Waals surface area contributed by atoms with E-state index in [4.69, 9.17) is 4.42 Å². The number of hydrogen-bond donors (Lipinski definition) is 2. The van der Waals surface area contributed by atoms with E-state index in [9.17, 15) is 14.7 Å². The van der Waals surface area contributed by atoms with Gasteiger partial charge < -0.3 is 19.7 Å². The highest BCUT2D eigenvalue weighted by atomic mass is 16.4. The van der Waals surface area contributed by atoms with Gasteiger partial charge in [0.25, 0.3) is 5.91 Å². The number of benzene rings is 1. The van der Waals surface area contributed by atoms with Crippen LogP contribution in [0.15, 0.2) is 16.5 Å². The topological polar surface area (TPSA) is 87.4 Å². The Labute approximate surface area is 102 Å². The van der Waals surface area contributed by atoms with Crippen LogP contribution in [0.5, 0.6) is 0 Å². The molecule has 0 aliphatic carbocycles. The van der Waals surface area contributed by atoms with Crippen LogP contribution >= 0.6 is 0 Å². The van der Waals surface area contributed by atoms with Crippen molar-refractivity contribution in [1.29, 1.82) is 0 Å². The molecule has 94 valence electrons. The van der Waals surface area contributed by atoms with Crippen molar-refractivity contribution in [3.05, 3.63) is 23.3 Å². The Morgan fingerprint density at radius 2 is 1.78 bits per heavy atom. The van der Waals surface area contributed by atoms with E-state index in [0.29, 0.717) is 18.7 Å². The van der Waals surface area contributed by atoms with Gasteiger partial charge in [0.1, 0.15) is 22.3 Å². The number of fused-ring (bicyclic) bond motifs is 2. The van der Waals surface area contributed by atoms with Gasteiger partial charge in [-0.25, -0.2) is 4.79 Å². The van der Waals surface area contributed by atoms with E-state index in [1.54, 1.807) is 17.0 Å². The maximum absolute atomic E-state index is 12.3. The standard InChI is InChI=1S/C12H12N2O4/c15-11(14-5-3-13-4-6-14)9-7-1-2-8(18-7)10(9)12(16)17/h1-2,13H,3-6H2,(H,16,17)/p+1. The molecule has 0 atom stereocenters. The minimum Gasteiger partial charge on any atom is -0.478 e. The van der Waals surface area contributed by atoms with Crippen molar-refractivity contribution in [2.24, 2.45) is 0 Å². The third kappa shape index (κ3) is 1.53. The Bertz CT molecular complexity index is 598. The van der Waals surface area contributed by atoms with Gasteiger partial charge in [0, 0.05) is 0 Å². The number of carboxylic acid groups (broad SMARTS) is 1. The van der Waals surface area contributed by atoms with Crippen molar-refractivity contribution in [2.75, 3.05) is 26.2 Å². The van der Waals surface area contributed by atoms with E-state index in [2.05, 4.69) is 5.32 Å². The summed E-state index contributed by atoms with van der Waals surface area (Å²) in [6.07, 6.45) is 0. The van der Waals surface area contributed by atoms with Crippen LogP contribution in [0.3, 0.4) is 0 Å². The predicted octanol–water partition coefficient (Wildman–Crippen LogP) is -0.412. The lowest BCUT2D eigenvalue weighted by Crippen LogP contribution is -2.89. The molecule has 1 saturated heterocycles. The minimum absolute atomic E-state index is 0.00736. The highest BCUT2D eigenvalue weighted by Crippen LogP contribution is 2.29. The number of aromatic carboxylic acids is 1. The molecule has 2 bridgehead atoms. The first-order valence-corrected chi connectivity index (χ1v) is 5.87. The molecule has 0 saturated carbocycles. The van der Waals surface area contributed by atoms with E-state index in [-0.39, 0.29) is 22.6 Å². The van der Waals surface area contributed by atoms with Gasteiger partial charge in [-0.3, -0.25) is 4.79 Å². The fourth-order valence-electron chi connectivity index (χ4n) is 2.39. The second kappa shape index (κ2) is 3.99. The summed E-state index contributed by atoms with van der Waals surface area (Å²) in [4.78, 5) is 25.2. The highest BCUT2D eigenvalue weighted by Gasteiger charge is 2.31. The van der Waals surface area contributed by atoms with Gasteiger partial charge in [0.15, 0.2) is 0 Å². The molecule has 2 aromatic rings. The van der Waals surface area contributed by atoms with E-state index in [1.807, 2.05) is 0 Å². The van der Waals surface area contributed by atoms with Gasteiger partial charge in [0.2, 0.25) is 0 Å². The molecule has 3 N–H and O–H groups in total. The Morgan fingerprint density at radius 3 is 2.39 bits per heavy atom. The lowest BCUT2D eigenvalue weighted by molar-refractivity contribution is -0.661. The van der Waals surface area contributed by atoms with Gasteiger partial charge in [-0.05, 0) is 12.1 Å². The van der Waals surface area contributed by atoms with Crippen molar-refractivity contribution < 1.29 is 24.4 Å². The van der Waals surface area contributed by atoms with E-state index in [0.717, 1.165) is 13.1 Å². The monoisotopic (exact) mass is 249 g/mol. The average Bonchev–Trinajstić information content (AvgIpc) is 2.99. The second-order valence-electron chi connectivity index (χ2n) is 4.38. The smallest absolute Gasteiger partial charge is 0.340 e.